The molecule has 0 radical (unpaired) electrons. The Labute approximate surface area is 145 Å². The number of anilines is 1. The average Bonchev–Trinajstić information content (AvgIpc) is 2.50. The summed E-state index contributed by atoms with van der Waals surface area (Å²) in [6.07, 6.45) is 1.12. The lowest BCUT2D eigenvalue weighted by Crippen LogP contribution is -2.11. The Balaban J connectivity index is 2.07. The highest BCUT2D eigenvalue weighted by atomic mass is 79.9. The van der Waals surface area contributed by atoms with Gasteiger partial charge in [0.15, 0.2) is 5.75 Å². The van der Waals surface area contributed by atoms with Crippen LogP contribution in [-0.4, -0.2) is 18.4 Å². The molecule has 3 rings (SSSR count). The average molecular weight is 415 g/mol. The van der Waals surface area contributed by atoms with Gasteiger partial charge in [-0.2, -0.15) is 8.42 Å². The topological polar surface area (TPSA) is 95.2 Å². The lowest BCUT2D eigenvalue weighted by atomic mass is 10.2. The third kappa shape index (κ3) is 3.24. The standard InChI is InChI=1S/C14H9BrClN3O3S/c15-10-6-9(7-18-14(10)16)23(20,21)22-11-3-1-2-8-4-5-12(17)19-13(8)11/h1-7H,(H2,17,19). The molecule has 2 aromatic heterocycles. The fraction of sp³-hybridized carbons (Fsp3) is 0. The Bertz CT molecular complexity index is 1010. The van der Waals surface area contributed by atoms with Gasteiger partial charge < -0.3 is 9.92 Å². The van der Waals surface area contributed by atoms with E-state index in [1.165, 1.54) is 12.1 Å². The molecule has 0 aliphatic heterocycles. The van der Waals surface area contributed by atoms with Gasteiger partial charge in [0.1, 0.15) is 21.4 Å². The van der Waals surface area contributed by atoms with E-state index < -0.39 is 10.1 Å². The van der Waals surface area contributed by atoms with Gasteiger partial charge in [-0.15, -0.1) is 0 Å². The summed E-state index contributed by atoms with van der Waals surface area (Å²) < 4.78 is 30.4. The van der Waals surface area contributed by atoms with Crippen LogP contribution in [0.3, 0.4) is 0 Å². The van der Waals surface area contributed by atoms with Crippen molar-refractivity contribution in [2.45, 2.75) is 4.90 Å². The highest BCUT2D eigenvalue weighted by Gasteiger charge is 2.20. The third-order valence-electron chi connectivity index (χ3n) is 2.96. The molecule has 0 saturated carbocycles. The van der Waals surface area contributed by atoms with Crippen LogP contribution in [0.2, 0.25) is 5.15 Å². The summed E-state index contributed by atoms with van der Waals surface area (Å²) in [4.78, 5) is 7.78. The lowest BCUT2D eigenvalue weighted by molar-refractivity contribution is 0.487. The summed E-state index contributed by atoms with van der Waals surface area (Å²) in [7, 11) is -4.09. The minimum atomic E-state index is -4.09. The van der Waals surface area contributed by atoms with Crippen LogP contribution in [0.4, 0.5) is 5.82 Å². The van der Waals surface area contributed by atoms with Crippen molar-refractivity contribution in [1.82, 2.24) is 9.97 Å². The zero-order chi connectivity index (χ0) is 16.6. The number of benzene rings is 1. The van der Waals surface area contributed by atoms with Crippen molar-refractivity contribution in [2.75, 3.05) is 5.73 Å². The van der Waals surface area contributed by atoms with Crippen molar-refractivity contribution >= 4 is 54.4 Å². The van der Waals surface area contributed by atoms with Gasteiger partial charge in [0, 0.05) is 5.39 Å². The number of nitrogen functional groups attached to an aromatic ring is 1. The Morgan fingerprint density at radius 2 is 2.00 bits per heavy atom. The van der Waals surface area contributed by atoms with E-state index in [1.54, 1.807) is 24.3 Å². The molecule has 0 unspecified atom stereocenters. The van der Waals surface area contributed by atoms with E-state index in [-0.39, 0.29) is 21.6 Å². The van der Waals surface area contributed by atoms with Gasteiger partial charge >= 0.3 is 10.1 Å². The molecule has 0 fully saturated rings. The number of para-hydroxylation sites is 1. The fourth-order valence-corrected chi connectivity index (χ4v) is 3.42. The maximum absolute atomic E-state index is 12.4. The molecule has 0 atom stereocenters. The molecule has 3 aromatic rings. The summed E-state index contributed by atoms with van der Waals surface area (Å²) >= 11 is 8.90. The molecule has 2 N–H and O–H groups in total. The molecule has 0 saturated heterocycles. The molecular weight excluding hydrogens is 406 g/mol. The highest BCUT2D eigenvalue weighted by Crippen LogP contribution is 2.29. The van der Waals surface area contributed by atoms with Crippen molar-refractivity contribution in [3.05, 3.63) is 52.2 Å². The van der Waals surface area contributed by atoms with E-state index in [0.29, 0.717) is 15.4 Å². The SMILES string of the molecule is Nc1ccc2cccc(OS(=O)(=O)c3cnc(Cl)c(Br)c3)c2n1. The Morgan fingerprint density at radius 3 is 2.74 bits per heavy atom. The molecule has 9 heteroatoms. The first-order valence-corrected chi connectivity index (χ1v) is 8.85. The summed E-state index contributed by atoms with van der Waals surface area (Å²) in [6, 6.07) is 9.63. The van der Waals surface area contributed by atoms with Crippen molar-refractivity contribution < 1.29 is 12.6 Å². The molecule has 0 amide bonds. The first kappa shape index (κ1) is 16.0. The number of fused-ring (bicyclic) bond motifs is 1. The number of halogens is 2. The molecule has 0 aliphatic rings. The van der Waals surface area contributed by atoms with Crippen molar-refractivity contribution in [2.24, 2.45) is 0 Å². The van der Waals surface area contributed by atoms with Crippen molar-refractivity contribution in [1.29, 1.82) is 0 Å². The normalized spacial score (nSPS) is 11.6. The first-order chi connectivity index (χ1) is 10.9. The predicted octanol–water partition coefficient (Wildman–Crippen LogP) is 3.40. The van der Waals surface area contributed by atoms with Crippen molar-refractivity contribution in [3.63, 3.8) is 0 Å². The molecule has 118 valence electrons. The van der Waals surface area contributed by atoms with E-state index in [1.807, 2.05) is 0 Å². The van der Waals surface area contributed by atoms with Gasteiger partial charge in [-0.25, -0.2) is 9.97 Å². The Kier molecular flexibility index (Phi) is 4.13. The van der Waals surface area contributed by atoms with Crippen LogP contribution in [0.25, 0.3) is 10.9 Å². The quantitative estimate of drug-likeness (QED) is 0.521. The number of pyridine rings is 2. The minimum Gasteiger partial charge on any atom is -0.384 e. The highest BCUT2D eigenvalue weighted by molar-refractivity contribution is 9.10. The summed E-state index contributed by atoms with van der Waals surface area (Å²) in [5.41, 5.74) is 6.02. The van der Waals surface area contributed by atoms with E-state index >= 15 is 0 Å². The number of rotatable bonds is 3. The summed E-state index contributed by atoms with van der Waals surface area (Å²) in [5.74, 6) is 0.350. The molecule has 2 heterocycles. The lowest BCUT2D eigenvalue weighted by Gasteiger charge is -2.09. The molecule has 0 spiro atoms. The monoisotopic (exact) mass is 413 g/mol. The number of hydrogen-bond donors (Lipinski definition) is 1. The van der Waals surface area contributed by atoms with E-state index in [9.17, 15) is 8.42 Å². The minimum absolute atomic E-state index is 0.0841. The second-order valence-corrected chi connectivity index (χ2v) is 7.30. The van der Waals surface area contributed by atoms with Gasteiger partial charge in [-0.3, -0.25) is 0 Å². The first-order valence-electron chi connectivity index (χ1n) is 6.27. The van der Waals surface area contributed by atoms with E-state index in [4.69, 9.17) is 21.5 Å². The van der Waals surface area contributed by atoms with Gasteiger partial charge in [0.2, 0.25) is 0 Å². The molecule has 23 heavy (non-hydrogen) atoms. The van der Waals surface area contributed by atoms with Crippen LogP contribution in [0.5, 0.6) is 5.75 Å². The zero-order valence-corrected chi connectivity index (χ0v) is 14.6. The fourth-order valence-electron chi connectivity index (χ4n) is 1.91. The maximum Gasteiger partial charge on any atom is 0.340 e. The third-order valence-corrected chi connectivity index (χ3v) is 5.30. The maximum atomic E-state index is 12.4. The molecule has 0 bridgehead atoms. The van der Waals surface area contributed by atoms with Gasteiger partial charge in [0.05, 0.1) is 10.7 Å². The second kappa shape index (κ2) is 5.95. The molecule has 6 nitrogen and oxygen atoms in total. The van der Waals surface area contributed by atoms with Crippen LogP contribution >= 0.6 is 27.5 Å². The van der Waals surface area contributed by atoms with Crippen LogP contribution in [0.1, 0.15) is 0 Å². The van der Waals surface area contributed by atoms with E-state index in [2.05, 4.69) is 25.9 Å². The zero-order valence-electron chi connectivity index (χ0n) is 11.4. The summed E-state index contributed by atoms with van der Waals surface area (Å²) in [6.45, 7) is 0. The Morgan fingerprint density at radius 1 is 1.22 bits per heavy atom. The number of aromatic nitrogens is 2. The van der Waals surface area contributed by atoms with Crippen molar-refractivity contribution in [3.8, 4) is 5.75 Å². The van der Waals surface area contributed by atoms with Gasteiger partial charge in [-0.1, -0.05) is 23.7 Å². The number of nitrogens with zero attached hydrogens (tertiary/aromatic N) is 2. The smallest absolute Gasteiger partial charge is 0.340 e. The molecule has 1 aromatic carbocycles. The van der Waals surface area contributed by atoms with Crippen LogP contribution in [0, 0.1) is 0 Å². The Hall–Kier alpha value is -1.90. The van der Waals surface area contributed by atoms with E-state index in [0.717, 1.165) is 6.20 Å². The molecular formula is C14H9BrClN3O3S. The number of hydrogen-bond acceptors (Lipinski definition) is 6. The largest absolute Gasteiger partial charge is 0.384 e. The number of nitrogens with two attached hydrogens (primary N) is 1. The van der Waals surface area contributed by atoms with Crippen LogP contribution in [-0.2, 0) is 10.1 Å². The second-order valence-electron chi connectivity index (χ2n) is 4.55. The van der Waals surface area contributed by atoms with Crippen LogP contribution in [0.15, 0.2) is 52.0 Å². The van der Waals surface area contributed by atoms with Gasteiger partial charge in [-0.05, 0) is 40.2 Å². The predicted molar refractivity (Wildman–Crippen MR) is 90.9 cm³/mol. The van der Waals surface area contributed by atoms with Gasteiger partial charge in [0.25, 0.3) is 0 Å². The van der Waals surface area contributed by atoms with Crippen LogP contribution < -0.4 is 9.92 Å². The molecule has 0 aliphatic carbocycles. The summed E-state index contributed by atoms with van der Waals surface area (Å²) in [5, 5.41) is 0.867.